The largest absolute Gasteiger partial charge is 0.317 e. The third-order valence-corrected chi connectivity index (χ3v) is 5.16. The Bertz CT molecular complexity index is 251. The van der Waals surface area contributed by atoms with Crippen molar-refractivity contribution in [1.82, 2.24) is 15.5 Å². The van der Waals surface area contributed by atoms with E-state index in [1.807, 2.05) is 0 Å². The van der Waals surface area contributed by atoms with Gasteiger partial charge in [0.1, 0.15) is 0 Å². The summed E-state index contributed by atoms with van der Waals surface area (Å²) in [6, 6.07) is 0. The van der Waals surface area contributed by atoms with Crippen LogP contribution in [0.4, 0.5) is 0 Å². The lowest BCUT2D eigenvalue weighted by Gasteiger charge is -2.34. The summed E-state index contributed by atoms with van der Waals surface area (Å²) in [6.45, 7) is 9.11. The van der Waals surface area contributed by atoms with Crippen molar-refractivity contribution >= 4 is 24.8 Å². The molecule has 3 rings (SSSR count). The molecule has 0 amide bonds. The zero-order valence-electron chi connectivity index (χ0n) is 11.8. The molecule has 1 spiro atoms. The minimum absolute atomic E-state index is 0. The number of hydrogen-bond donors (Lipinski definition) is 2. The van der Waals surface area contributed by atoms with Gasteiger partial charge in [0.15, 0.2) is 0 Å². The average Bonchev–Trinajstić information content (AvgIpc) is 2.74. The molecule has 5 heteroatoms. The molecule has 3 aliphatic rings. The summed E-state index contributed by atoms with van der Waals surface area (Å²) in [5, 5.41) is 6.98. The van der Waals surface area contributed by atoms with Crippen LogP contribution < -0.4 is 10.6 Å². The van der Waals surface area contributed by atoms with Crippen molar-refractivity contribution in [2.75, 3.05) is 45.8 Å². The first-order valence-corrected chi connectivity index (χ1v) is 7.50. The van der Waals surface area contributed by atoms with E-state index in [0.29, 0.717) is 5.41 Å². The highest BCUT2D eigenvalue weighted by molar-refractivity contribution is 5.85. The second-order valence-electron chi connectivity index (χ2n) is 6.43. The molecule has 0 atom stereocenters. The lowest BCUT2D eigenvalue weighted by molar-refractivity contribution is 0.177. The van der Waals surface area contributed by atoms with Gasteiger partial charge in [0.25, 0.3) is 0 Å². The first-order valence-electron chi connectivity index (χ1n) is 7.50. The fourth-order valence-electron chi connectivity index (χ4n) is 3.98. The van der Waals surface area contributed by atoms with Gasteiger partial charge in [-0.05, 0) is 76.2 Å². The maximum Gasteiger partial charge on any atom is 0.00395 e. The van der Waals surface area contributed by atoms with Crippen LogP contribution in [-0.4, -0.2) is 50.7 Å². The highest BCUT2D eigenvalue weighted by Crippen LogP contribution is 2.38. The Balaban J connectivity index is 0.000000902. The van der Waals surface area contributed by atoms with Crippen LogP contribution in [0.3, 0.4) is 0 Å². The predicted octanol–water partition coefficient (Wildman–Crippen LogP) is 1.91. The van der Waals surface area contributed by atoms with Crippen molar-refractivity contribution in [3.05, 3.63) is 0 Å². The number of hydrogen-bond acceptors (Lipinski definition) is 3. The summed E-state index contributed by atoms with van der Waals surface area (Å²) < 4.78 is 0. The van der Waals surface area contributed by atoms with Gasteiger partial charge in [-0.1, -0.05) is 0 Å². The van der Waals surface area contributed by atoms with Gasteiger partial charge in [-0.2, -0.15) is 0 Å². The Morgan fingerprint density at radius 1 is 0.895 bits per heavy atom. The molecule has 3 fully saturated rings. The number of likely N-dealkylation sites (tertiary alicyclic amines) is 1. The molecule has 3 aliphatic heterocycles. The molecule has 0 aromatic carbocycles. The van der Waals surface area contributed by atoms with Crippen molar-refractivity contribution < 1.29 is 0 Å². The summed E-state index contributed by atoms with van der Waals surface area (Å²) in [5.41, 5.74) is 0.693. The van der Waals surface area contributed by atoms with E-state index < -0.39 is 0 Å². The first-order chi connectivity index (χ1) is 8.36. The van der Waals surface area contributed by atoms with Gasteiger partial charge in [0, 0.05) is 13.1 Å². The Labute approximate surface area is 130 Å². The van der Waals surface area contributed by atoms with Gasteiger partial charge in [-0.3, -0.25) is 0 Å². The molecule has 0 bridgehead atoms. The topological polar surface area (TPSA) is 27.3 Å². The number of nitrogens with zero attached hydrogens (tertiary/aromatic N) is 1. The lowest BCUT2D eigenvalue weighted by atomic mass is 9.78. The molecule has 114 valence electrons. The fourth-order valence-corrected chi connectivity index (χ4v) is 3.98. The number of nitrogens with one attached hydrogen (secondary N) is 2. The van der Waals surface area contributed by atoms with Crippen molar-refractivity contribution in [2.45, 2.75) is 32.1 Å². The van der Waals surface area contributed by atoms with E-state index in [4.69, 9.17) is 0 Å². The maximum absolute atomic E-state index is 3.51. The van der Waals surface area contributed by atoms with Gasteiger partial charge < -0.3 is 15.5 Å². The number of halogens is 2. The molecule has 3 saturated heterocycles. The van der Waals surface area contributed by atoms with E-state index in [0.717, 1.165) is 5.92 Å². The van der Waals surface area contributed by atoms with E-state index in [1.165, 1.54) is 77.9 Å². The standard InChI is InChI=1S/C14H27N3.2ClH/c1-6-15-7-2-13(1)11-17-10-5-14(12-17)3-8-16-9-4-14;;/h13,15-16H,1-12H2;2*1H. The van der Waals surface area contributed by atoms with E-state index >= 15 is 0 Å². The highest BCUT2D eigenvalue weighted by Gasteiger charge is 2.39. The monoisotopic (exact) mass is 309 g/mol. The van der Waals surface area contributed by atoms with Gasteiger partial charge >= 0.3 is 0 Å². The van der Waals surface area contributed by atoms with E-state index in [1.54, 1.807) is 0 Å². The number of piperidine rings is 2. The average molecular weight is 310 g/mol. The van der Waals surface area contributed by atoms with Crippen LogP contribution in [0.1, 0.15) is 32.1 Å². The van der Waals surface area contributed by atoms with Crippen molar-refractivity contribution in [1.29, 1.82) is 0 Å². The Morgan fingerprint density at radius 2 is 1.53 bits per heavy atom. The molecule has 3 nitrogen and oxygen atoms in total. The van der Waals surface area contributed by atoms with Gasteiger partial charge in [0.05, 0.1) is 0 Å². The SMILES string of the molecule is C1CC(CN2CCC3(CCNCC3)C2)CCN1.Cl.Cl. The van der Waals surface area contributed by atoms with Crippen LogP contribution in [0.5, 0.6) is 0 Å². The van der Waals surface area contributed by atoms with Gasteiger partial charge in [0.2, 0.25) is 0 Å². The van der Waals surface area contributed by atoms with Crippen LogP contribution in [0.2, 0.25) is 0 Å². The van der Waals surface area contributed by atoms with Crippen LogP contribution in [-0.2, 0) is 0 Å². The first kappa shape index (κ1) is 17.5. The molecule has 0 unspecified atom stereocenters. The summed E-state index contributed by atoms with van der Waals surface area (Å²) in [5.74, 6) is 0.966. The zero-order valence-corrected chi connectivity index (χ0v) is 13.5. The van der Waals surface area contributed by atoms with Crippen LogP contribution in [0, 0.1) is 11.3 Å². The van der Waals surface area contributed by atoms with E-state index in [-0.39, 0.29) is 24.8 Å². The molecule has 3 heterocycles. The Morgan fingerprint density at radius 3 is 2.21 bits per heavy atom. The third-order valence-electron chi connectivity index (χ3n) is 5.16. The molecule has 19 heavy (non-hydrogen) atoms. The molecule has 0 aromatic rings. The summed E-state index contributed by atoms with van der Waals surface area (Å²) in [7, 11) is 0. The van der Waals surface area contributed by atoms with Gasteiger partial charge in [-0.25, -0.2) is 0 Å². The molecule has 0 aromatic heterocycles. The smallest absolute Gasteiger partial charge is 0.00395 e. The minimum Gasteiger partial charge on any atom is -0.317 e. The second kappa shape index (κ2) is 8.04. The predicted molar refractivity (Wildman–Crippen MR) is 85.7 cm³/mol. The molecule has 2 N–H and O–H groups in total. The lowest BCUT2D eigenvalue weighted by Crippen LogP contribution is -2.40. The third kappa shape index (κ3) is 4.47. The van der Waals surface area contributed by atoms with Crippen molar-refractivity contribution in [3.63, 3.8) is 0 Å². The van der Waals surface area contributed by atoms with Crippen molar-refractivity contribution in [2.24, 2.45) is 11.3 Å². The molecular weight excluding hydrogens is 281 g/mol. The minimum atomic E-state index is 0. The molecule has 0 radical (unpaired) electrons. The quantitative estimate of drug-likeness (QED) is 0.816. The van der Waals surface area contributed by atoms with E-state index in [9.17, 15) is 0 Å². The Hall–Kier alpha value is 0.460. The van der Waals surface area contributed by atoms with Crippen LogP contribution >= 0.6 is 24.8 Å². The van der Waals surface area contributed by atoms with Crippen LogP contribution in [0.25, 0.3) is 0 Å². The summed E-state index contributed by atoms with van der Waals surface area (Å²) >= 11 is 0. The number of rotatable bonds is 2. The highest BCUT2D eigenvalue weighted by atomic mass is 35.5. The Kier molecular flexibility index (Phi) is 7.41. The van der Waals surface area contributed by atoms with E-state index in [2.05, 4.69) is 15.5 Å². The van der Waals surface area contributed by atoms with Crippen LogP contribution in [0.15, 0.2) is 0 Å². The van der Waals surface area contributed by atoms with Crippen molar-refractivity contribution in [3.8, 4) is 0 Å². The fraction of sp³-hybridized carbons (Fsp3) is 1.00. The molecule has 0 aliphatic carbocycles. The zero-order chi connectivity index (χ0) is 11.6. The summed E-state index contributed by atoms with van der Waals surface area (Å²) in [4.78, 5) is 2.77. The maximum atomic E-state index is 3.51. The molecular formula is C14H29Cl2N3. The summed E-state index contributed by atoms with van der Waals surface area (Å²) in [6.07, 6.45) is 7.07. The second-order valence-corrected chi connectivity index (χ2v) is 6.43. The normalized spacial score (nSPS) is 27.8. The molecule has 0 saturated carbocycles. The van der Waals surface area contributed by atoms with Gasteiger partial charge in [-0.15, -0.1) is 24.8 Å².